The number of rotatable bonds is 11. The molecule has 0 radical (unpaired) electrons. The molecule has 0 atom stereocenters. The molecule has 0 aliphatic rings. The Balaban J connectivity index is 1.57. The predicted molar refractivity (Wildman–Crippen MR) is 119 cm³/mol. The molecule has 0 saturated carbocycles. The maximum atomic E-state index is 12.6. The first kappa shape index (κ1) is 25.7. The molecule has 0 aliphatic heterocycles. The number of halogens is 3. The average Bonchev–Trinajstić information content (AvgIpc) is 2.77. The molecule has 0 unspecified atom stereocenters. The fourth-order valence-electron chi connectivity index (χ4n) is 2.98. The monoisotopic (exact) mass is 511 g/mol. The van der Waals surface area contributed by atoms with Crippen LogP contribution in [-0.2, 0) is 21.2 Å². The van der Waals surface area contributed by atoms with Gasteiger partial charge in [0.2, 0.25) is 0 Å². The zero-order chi connectivity index (χ0) is 25.5. The normalized spacial score (nSPS) is 11.5. The van der Waals surface area contributed by atoms with Gasteiger partial charge in [0, 0.05) is 11.3 Å². The van der Waals surface area contributed by atoms with Gasteiger partial charge in [-0.1, -0.05) is 30.3 Å². The molecule has 2 N–H and O–H groups in total. The zero-order valence-electron chi connectivity index (χ0n) is 18.0. The van der Waals surface area contributed by atoms with Crippen molar-refractivity contribution >= 4 is 21.7 Å². The Bertz CT molecular complexity index is 1260. The zero-order valence-corrected chi connectivity index (χ0v) is 18.8. The Hall–Kier alpha value is -3.93. The summed E-state index contributed by atoms with van der Waals surface area (Å²) in [5, 5.41) is 8.95. The number of hydrogen-bond acceptors (Lipinski definition) is 6. The highest BCUT2D eigenvalue weighted by atomic mass is 32.2. The molecule has 0 fully saturated rings. The first-order valence-electron chi connectivity index (χ1n) is 10.1. The van der Waals surface area contributed by atoms with Gasteiger partial charge in [0.25, 0.3) is 10.0 Å². The van der Waals surface area contributed by atoms with Gasteiger partial charge < -0.3 is 19.3 Å². The van der Waals surface area contributed by atoms with Crippen LogP contribution in [0.15, 0.2) is 77.7 Å². The number of hydrogen-bond donors (Lipinski definition) is 2. The van der Waals surface area contributed by atoms with Gasteiger partial charge in [-0.2, -0.15) is 0 Å². The number of para-hydroxylation sites is 2. The molecule has 3 aromatic carbocycles. The molecule has 0 amide bonds. The summed E-state index contributed by atoms with van der Waals surface area (Å²) in [4.78, 5) is 10.3. The second kappa shape index (κ2) is 11.0. The Kier molecular flexibility index (Phi) is 8.07. The van der Waals surface area contributed by atoms with Crippen molar-refractivity contribution in [2.24, 2.45) is 0 Å². The van der Waals surface area contributed by atoms with Gasteiger partial charge in [0.1, 0.15) is 35.4 Å². The highest BCUT2D eigenvalue weighted by Gasteiger charge is 2.34. The minimum Gasteiger partial charge on any atom is -0.490 e. The highest BCUT2D eigenvalue weighted by molar-refractivity contribution is 7.92. The van der Waals surface area contributed by atoms with Crippen LogP contribution in [0, 0.1) is 0 Å². The first-order chi connectivity index (χ1) is 16.5. The van der Waals surface area contributed by atoms with Crippen LogP contribution in [0.25, 0.3) is 0 Å². The molecule has 0 bridgehead atoms. The summed E-state index contributed by atoms with van der Waals surface area (Å²) in [5.74, 6) is -1.02. The van der Waals surface area contributed by atoms with Crippen molar-refractivity contribution < 1.29 is 45.7 Å². The number of carbonyl (C=O) groups is 1. The molecule has 0 spiro atoms. The van der Waals surface area contributed by atoms with Crippen molar-refractivity contribution in [1.29, 1.82) is 0 Å². The Morgan fingerprint density at radius 3 is 2.11 bits per heavy atom. The third kappa shape index (κ3) is 7.81. The van der Waals surface area contributed by atoms with E-state index in [2.05, 4.69) is 9.46 Å². The van der Waals surface area contributed by atoms with Gasteiger partial charge in [-0.3, -0.25) is 9.52 Å². The van der Waals surface area contributed by atoms with Crippen LogP contribution in [0.4, 0.5) is 18.9 Å². The third-order valence-corrected chi connectivity index (χ3v) is 5.82. The lowest BCUT2D eigenvalue weighted by Gasteiger charge is -2.15. The third-order valence-electron chi connectivity index (χ3n) is 4.39. The second-order valence-corrected chi connectivity index (χ2v) is 8.65. The quantitative estimate of drug-likeness (QED) is 0.366. The van der Waals surface area contributed by atoms with Crippen LogP contribution in [0.3, 0.4) is 0 Å². The first-order valence-corrected chi connectivity index (χ1v) is 11.5. The van der Waals surface area contributed by atoms with Crippen molar-refractivity contribution in [3.63, 3.8) is 0 Å². The molecule has 3 aromatic rings. The molecule has 0 aliphatic carbocycles. The topological polar surface area (TPSA) is 111 Å². The summed E-state index contributed by atoms with van der Waals surface area (Å²) >= 11 is 0. The Morgan fingerprint density at radius 2 is 1.46 bits per heavy atom. The molecule has 8 nitrogen and oxygen atoms in total. The van der Waals surface area contributed by atoms with E-state index in [-0.39, 0.29) is 25.3 Å². The van der Waals surface area contributed by atoms with Crippen molar-refractivity contribution in [3.8, 4) is 17.2 Å². The molecule has 12 heteroatoms. The van der Waals surface area contributed by atoms with E-state index in [1.807, 2.05) is 0 Å². The maximum absolute atomic E-state index is 12.6. The molecule has 0 aromatic heterocycles. The van der Waals surface area contributed by atoms with Crippen LogP contribution < -0.4 is 18.9 Å². The maximum Gasteiger partial charge on any atom is 0.573 e. The summed E-state index contributed by atoms with van der Waals surface area (Å²) in [7, 11) is -4.37. The van der Waals surface area contributed by atoms with E-state index in [4.69, 9.17) is 14.6 Å². The average molecular weight is 511 g/mol. The molecular weight excluding hydrogens is 491 g/mol. The Morgan fingerprint density at radius 1 is 0.857 bits per heavy atom. The Labute approximate surface area is 198 Å². The number of aliphatic carboxylic acids is 1. The largest absolute Gasteiger partial charge is 0.573 e. The van der Waals surface area contributed by atoms with E-state index in [0.29, 0.717) is 17.1 Å². The van der Waals surface area contributed by atoms with Crippen molar-refractivity contribution in [3.05, 3.63) is 78.4 Å². The summed E-state index contributed by atoms with van der Waals surface area (Å²) in [6.07, 6.45) is -5.23. The van der Waals surface area contributed by atoms with Crippen LogP contribution >= 0.6 is 0 Å². The molecular formula is C23H20F3NO7S. The van der Waals surface area contributed by atoms with Crippen LogP contribution in [0.5, 0.6) is 17.2 Å². The van der Waals surface area contributed by atoms with E-state index in [1.165, 1.54) is 36.4 Å². The lowest BCUT2D eigenvalue weighted by Crippen LogP contribution is -2.20. The summed E-state index contributed by atoms with van der Waals surface area (Å²) in [6, 6.07) is 16.8. The SMILES string of the molecule is O=C(O)Cc1ccccc1OCCOc1ccc(NS(=O)(=O)c2ccccc2OC(F)(F)F)cc1. The minimum atomic E-state index is -5.05. The number of nitrogens with one attached hydrogen (secondary N) is 1. The van der Waals surface area contributed by atoms with E-state index in [9.17, 15) is 26.4 Å². The van der Waals surface area contributed by atoms with E-state index < -0.39 is 33.0 Å². The highest BCUT2D eigenvalue weighted by Crippen LogP contribution is 2.30. The van der Waals surface area contributed by atoms with Gasteiger partial charge in [0.05, 0.1) is 6.42 Å². The standard InChI is InChI=1S/C23H20F3NO7S/c24-23(25,26)34-20-7-3-4-8-21(20)35(30,31)27-17-9-11-18(12-10-17)32-13-14-33-19-6-2-1-5-16(19)15-22(28)29/h1-12,27H,13-15H2,(H,28,29). The molecule has 35 heavy (non-hydrogen) atoms. The van der Waals surface area contributed by atoms with Crippen LogP contribution in [0.2, 0.25) is 0 Å². The molecule has 0 saturated heterocycles. The molecule has 3 rings (SSSR count). The van der Waals surface area contributed by atoms with Gasteiger partial charge in [-0.15, -0.1) is 13.2 Å². The predicted octanol–water partition coefficient (Wildman–Crippen LogP) is 4.47. The summed E-state index contributed by atoms with van der Waals surface area (Å²) in [5.41, 5.74) is 0.622. The minimum absolute atomic E-state index is 0.0954. The number of benzene rings is 3. The second-order valence-electron chi connectivity index (χ2n) is 7.00. The lowest BCUT2D eigenvalue weighted by molar-refractivity contribution is -0.275. The van der Waals surface area contributed by atoms with Gasteiger partial charge in [0.15, 0.2) is 0 Å². The number of anilines is 1. The van der Waals surface area contributed by atoms with Crippen LogP contribution in [0.1, 0.15) is 5.56 Å². The van der Waals surface area contributed by atoms with E-state index in [0.717, 1.165) is 12.1 Å². The van der Waals surface area contributed by atoms with Crippen molar-refractivity contribution in [2.75, 3.05) is 17.9 Å². The fraction of sp³-hybridized carbons (Fsp3) is 0.174. The summed E-state index contributed by atoms with van der Waals surface area (Å²) in [6.45, 7) is 0.246. The fourth-order valence-corrected chi connectivity index (χ4v) is 4.16. The van der Waals surface area contributed by atoms with E-state index >= 15 is 0 Å². The number of carboxylic acids is 1. The van der Waals surface area contributed by atoms with E-state index in [1.54, 1.807) is 24.3 Å². The van der Waals surface area contributed by atoms with Gasteiger partial charge >= 0.3 is 12.3 Å². The van der Waals surface area contributed by atoms with Gasteiger partial charge in [-0.05, 0) is 42.5 Å². The molecule has 0 heterocycles. The van der Waals surface area contributed by atoms with Crippen molar-refractivity contribution in [1.82, 2.24) is 0 Å². The van der Waals surface area contributed by atoms with Crippen LogP contribution in [-0.4, -0.2) is 39.1 Å². The molecule has 186 valence electrons. The number of ether oxygens (including phenoxy) is 3. The number of carboxylic acid groups (broad SMARTS) is 1. The number of alkyl halides is 3. The number of sulfonamides is 1. The lowest BCUT2D eigenvalue weighted by atomic mass is 10.1. The summed E-state index contributed by atoms with van der Waals surface area (Å²) < 4.78 is 80.1. The van der Waals surface area contributed by atoms with Crippen molar-refractivity contribution in [2.45, 2.75) is 17.7 Å². The smallest absolute Gasteiger partial charge is 0.490 e. The van der Waals surface area contributed by atoms with Gasteiger partial charge in [-0.25, -0.2) is 8.42 Å².